The molecule has 1 aliphatic rings. The molecule has 1 aromatic heterocycles. The zero-order valence-corrected chi connectivity index (χ0v) is 13.0. The lowest BCUT2D eigenvalue weighted by Crippen LogP contribution is -2.50. The predicted molar refractivity (Wildman–Crippen MR) is 80.5 cm³/mol. The van der Waals surface area contributed by atoms with Crippen molar-refractivity contribution in [2.24, 2.45) is 0 Å². The number of anilines is 1. The summed E-state index contributed by atoms with van der Waals surface area (Å²) in [5, 5.41) is 1.01. The fourth-order valence-electron chi connectivity index (χ4n) is 2.32. The Morgan fingerprint density at radius 2 is 2.26 bits per heavy atom. The Hall–Kier alpha value is -0.940. The van der Waals surface area contributed by atoms with Gasteiger partial charge < -0.3 is 9.80 Å². The second kappa shape index (κ2) is 6.01. The maximum Gasteiger partial charge on any atom is 0.186 e. The summed E-state index contributed by atoms with van der Waals surface area (Å²) < 4.78 is 0. The van der Waals surface area contributed by atoms with E-state index in [1.54, 1.807) is 11.3 Å². The Bertz CT molecular complexity index is 446. The average Bonchev–Trinajstić information content (AvgIpc) is 2.85. The molecule has 5 heteroatoms. The minimum absolute atomic E-state index is 0.357. The molecule has 0 N–H and O–H groups in total. The van der Waals surface area contributed by atoms with Gasteiger partial charge in [0.05, 0.1) is 10.6 Å². The lowest BCUT2D eigenvalue weighted by Gasteiger charge is -2.37. The van der Waals surface area contributed by atoms with Crippen molar-refractivity contribution >= 4 is 22.8 Å². The van der Waals surface area contributed by atoms with E-state index in [1.165, 1.54) is 0 Å². The van der Waals surface area contributed by atoms with Crippen LogP contribution in [0.4, 0.5) is 5.13 Å². The highest BCUT2D eigenvalue weighted by Gasteiger charge is 2.25. The molecule has 0 aliphatic carbocycles. The highest BCUT2D eigenvalue weighted by Crippen LogP contribution is 2.31. The van der Waals surface area contributed by atoms with E-state index in [4.69, 9.17) is 4.98 Å². The molecule has 0 amide bonds. The molecule has 1 aliphatic heterocycles. The molecule has 4 nitrogen and oxygen atoms in total. The number of hydrogen-bond donors (Lipinski definition) is 0. The first-order valence-electron chi connectivity index (χ1n) is 6.97. The summed E-state index contributed by atoms with van der Waals surface area (Å²) in [5.41, 5.74) is 0.976. The zero-order valence-electron chi connectivity index (χ0n) is 12.2. The monoisotopic (exact) mass is 281 g/mol. The van der Waals surface area contributed by atoms with Gasteiger partial charge in [-0.3, -0.25) is 4.79 Å². The minimum atomic E-state index is 0.357. The van der Waals surface area contributed by atoms with Crippen LogP contribution >= 0.6 is 11.3 Å². The van der Waals surface area contributed by atoms with Crippen LogP contribution in [0.25, 0.3) is 0 Å². The van der Waals surface area contributed by atoms with Crippen molar-refractivity contribution in [1.82, 2.24) is 9.88 Å². The Labute approximate surface area is 119 Å². The topological polar surface area (TPSA) is 36.4 Å². The number of rotatable bonds is 4. The van der Waals surface area contributed by atoms with Gasteiger partial charge in [-0.15, -0.1) is 0 Å². The fourth-order valence-corrected chi connectivity index (χ4v) is 3.35. The second-order valence-corrected chi connectivity index (χ2v) is 6.46. The lowest BCUT2D eigenvalue weighted by atomic mass is 10.0. The van der Waals surface area contributed by atoms with Crippen molar-refractivity contribution in [3.63, 3.8) is 0 Å². The molecule has 0 spiro atoms. The third kappa shape index (κ3) is 2.98. The van der Waals surface area contributed by atoms with Crippen molar-refractivity contribution in [2.75, 3.05) is 31.6 Å². The molecular weight excluding hydrogens is 258 g/mol. The molecule has 0 radical (unpaired) electrons. The highest BCUT2D eigenvalue weighted by molar-refractivity contribution is 7.17. The van der Waals surface area contributed by atoms with Crippen LogP contribution in [0.2, 0.25) is 0 Å². The van der Waals surface area contributed by atoms with Crippen LogP contribution in [-0.4, -0.2) is 48.9 Å². The van der Waals surface area contributed by atoms with Gasteiger partial charge in [-0.05, 0) is 26.3 Å². The van der Waals surface area contributed by atoms with Crippen LogP contribution in [0.3, 0.4) is 0 Å². The molecule has 19 heavy (non-hydrogen) atoms. The van der Waals surface area contributed by atoms with Gasteiger partial charge in [-0.25, -0.2) is 4.98 Å². The van der Waals surface area contributed by atoms with E-state index >= 15 is 0 Å². The van der Waals surface area contributed by atoms with E-state index in [9.17, 15) is 4.79 Å². The summed E-state index contributed by atoms with van der Waals surface area (Å²) in [6.45, 7) is 9.54. The van der Waals surface area contributed by atoms with Crippen LogP contribution in [0.15, 0.2) is 0 Å². The first kappa shape index (κ1) is 14.5. The van der Waals surface area contributed by atoms with Gasteiger partial charge in [-0.2, -0.15) is 0 Å². The highest BCUT2D eigenvalue weighted by atomic mass is 32.1. The van der Waals surface area contributed by atoms with Gasteiger partial charge >= 0.3 is 0 Å². The van der Waals surface area contributed by atoms with Gasteiger partial charge in [0.1, 0.15) is 0 Å². The van der Waals surface area contributed by atoms with E-state index in [2.05, 4.69) is 37.6 Å². The summed E-state index contributed by atoms with van der Waals surface area (Å²) in [7, 11) is 2.16. The molecule has 0 saturated carbocycles. The predicted octanol–water partition coefficient (Wildman–Crippen LogP) is 2.61. The molecule has 0 bridgehead atoms. The number of carbonyl (C=O) groups excluding carboxylic acids is 1. The summed E-state index contributed by atoms with van der Waals surface area (Å²) in [4.78, 5) is 21.4. The Kier molecular flexibility index (Phi) is 4.58. The quantitative estimate of drug-likeness (QED) is 0.795. The molecule has 106 valence electrons. The fraction of sp³-hybridized carbons (Fsp3) is 0.714. The van der Waals surface area contributed by atoms with E-state index < -0.39 is 0 Å². The van der Waals surface area contributed by atoms with Gasteiger partial charge in [-0.1, -0.05) is 25.2 Å². The molecule has 2 unspecified atom stereocenters. The third-order valence-corrected chi connectivity index (χ3v) is 5.14. The van der Waals surface area contributed by atoms with Crippen molar-refractivity contribution in [3.8, 4) is 0 Å². The van der Waals surface area contributed by atoms with Crippen molar-refractivity contribution in [3.05, 3.63) is 10.6 Å². The van der Waals surface area contributed by atoms with Gasteiger partial charge in [0.15, 0.2) is 11.4 Å². The standard InChI is InChI=1S/C14H23N3OS/c1-5-10(2)13-12(9-18)19-14(15-13)17-7-6-16(4)11(3)8-17/h9-11H,5-8H2,1-4H3. The van der Waals surface area contributed by atoms with E-state index in [1.807, 2.05) is 0 Å². The number of aldehydes is 1. The molecule has 1 aromatic rings. The summed E-state index contributed by atoms with van der Waals surface area (Å²) >= 11 is 1.54. The van der Waals surface area contributed by atoms with Crippen LogP contribution < -0.4 is 4.90 Å². The average molecular weight is 281 g/mol. The number of carbonyl (C=O) groups is 1. The second-order valence-electron chi connectivity index (χ2n) is 5.45. The molecule has 1 fully saturated rings. The van der Waals surface area contributed by atoms with Crippen LogP contribution in [0.5, 0.6) is 0 Å². The first-order valence-corrected chi connectivity index (χ1v) is 7.79. The Morgan fingerprint density at radius 1 is 1.53 bits per heavy atom. The van der Waals surface area contributed by atoms with Crippen LogP contribution in [0.1, 0.15) is 48.5 Å². The summed E-state index contributed by atoms with van der Waals surface area (Å²) in [5.74, 6) is 0.357. The number of nitrogens with zero attached hydrogens (tertiary/aromatic N) is 3. The number of thiazole rings is 1. The molecule has 0 aromatic carbocycles. The Morgan fingerprint density at radius 3 is 2.84 bits per heavy atom. The number of hydrogen-bond acceptors (Lipinski definition) is 5. The molecule has 2 heterocycles. The molecule has 2 atom stereocenters. The maximum atomic E-state index is 11.2. The molecule has 1 saturated heterocycles. The largest absolute Gasteiger partial charge is 0.345 e. The number of likely N-dealkylation sites (N-methyl/N-ethyl adjacent to an activating group) is 1. The Balaban J connectivity index is 2.21. The van der Waals surface area contributed by atoms with E-state index in [-0.39, 0.29) is 0 Å². The number of aromatic nitrogens is 1. The van der Waals surface area contributed by atoms with Crippen molar-refractivity contribution in [2.45, 2.75) is 39.2 Å². The molecular formula is C14H23N3OS. The zero-order chi connectivity index (χ0) is 14.0. The first-order chi connectivity index (χ1) is 9.06. The van der Waals surface area contributed by atoms with Gasteiger partial charge in [0.25, 0.3) is 0 Å². The summed E-state index contributed by atoms with van der Waals surface area (Å²) in [6, 6.07) is 0.532. The van der Waals surface area contributed by atoms with Gasteiger partial charge in [0, 0.05) is 25.7 Å². The van der Waals surface area contributed by atoms with Crippen LogP contribution in [-0.2, 0) is 0 Å². The number of piperazine rings is 1. The van der Waals surface area contributed by atoms with E-state index in [0.717, 1.165) is 48.0 Å². The lowest BCUT2D eigenvalue weighted by molar-refractivity contribution is 0.112. The van der Waals surface area contributed by atoms with Crippen molar-refractivity contribution in [1.29, 1.82) is 0 Å². The normalized spacial score (nSPS) is 22.5. The minimum Gasteiger partial charge on any atom is -0.345 e. The SMILES string of the molecule is CCC(C)c1nc(N2CCN(C)C(C)C2)sc1C=O. The van der Waals surface area contributed by atoms with Crippen molar-refractivity contribution < 1.29 is 4.79 Å². The smallest absolute Gasteiger partial charge is 0.186 e. The van der Waals surface area contributed by atoms with E-state index in [0.29, 0.717) is 12.0 Å². The maximum absolute atomic E-state index is 11.2. The third-order valence-electron chi connectivity index (χ3n) is 4.09. The molecule has 2 rings (SSSR count). The van der Waals surface area contributed by atoms with Crippen LogP contribution in [0, 0.1) is 0 Å². The van der Waals surface area contributed by atoms with Gasteiger partial charge in [0.2, 0.25) is 0 Å². The summed E-state index contributed by atoms with van der Waals surface area (Å²) in [6.07, 6.45) is 1.98.